The summed E-state index contributed by atoms with van der Waals surface area (Å²) >= 11 is 0. The molecule has 0 saturated carbocycles. The van der Waals surface area contributed by atoms with Gasteiger partial charge in [0.25, 0.3) is 0 Å². The summed E-state index contributed by atoms with van der Waals surface area (Å²) in [4.78, 5) is 0. The molecule has 0 fully saturated rings. The van der Waals surface area contributed by atoms with E-state index in [1.807, 2.05) is 0 Å². The van der Waals surface area contributed by atoms with Gasteiger partial charge in [-0.05, 0) is 11.8 Å². The van der Waals surface area contributed by atoms with Crippen LogP contribution >= 0.6 is 0 Å². The molecule has 0 radical (unpaired) electrons. The van der Waals surface area contributed by atoms with Crippen LogP contribution < -0.4 is 0 Å². The van der Waals surface area contributed by atoms with E-state index in [1.54, 1.807) is 27.7 Å². The number of halogens is 4. The van der Waals surface area contributed by atoms with Crippen molar-refractivity contribution in [1.82, 2.24) is 0 Å². The molecule has 0 aromatic carbocycles. The number of rotatable bonds is 6. The summed E-state index contributed by atoms with van der Waals surface area (Å²) in [7, 11) is 0. The molecule has 0 spiro atoms. The molecule has 0 atom stereocenters. The minimum atomic E-state index is -2.04. The van der Waals surface area contributed by atoms with Crippen molar-refractivity contribution in [2.75, 3.05) is 0 Å². The van der Waals surface area contributed by atoms with Gasteiger partial charge in [0.1, 0.15) is 0 Å². The van der Waals surface area contributed by atoms with Gasteiger partial charge in [-0.15, -0.1) is 0 Å². The molecule has 0 unspecified atom stereocenters. The molecule has 0 rings (SSSR count). The third kappa shape index (κ3) is 7.02. The Bertz CT molecular complexity index is 268. The molecule has 0 aliphatic heterocycles. The number of allylic oxidation sites excluding steroid dienone is 2. The summed E-state index contributed by atoms with van der Waals surface area (Å²) in [5, 5.41) is 0. The SMILES string of the molecule is CC(C)CC(OC(CC(C)C)=C(F)F)=C(F)F. The van der Waals surface area contributed by atoms with Crippen molar-refractivity contribution in [1.29, 1.82) is 0 Å². The Balaban J connectivity index is 4.85. The van der Waals surface area contributed by atoms with Crippen LogP contribution in [0.15, 0.2) is 23.7 Å². The average Bonchev–Trinajstić information content (AvgIpc) is 2.13. The normalized spacial score (nSPS) is 10.7. The van der Waals surface area contributed by atoms with E-state index in [4.69, 9.17) is 0 Å². The summed E-state index contributed by atoms with van der Waals surface area (Å²) in [5.74, 6) is -1.50. The molecule has 0 bridgehead atoms. The van der Waals surface area contributed by atoms with Crippen molar-refractivity contribution in [2.24, 2.45) is 11.8 Å². The molecular formula is C12H18F4O. The zero-order valence-corrected chi connectivity index (χ0v) is 10.5. The maximum atomic E-state index is 12.5. The van der Waals surface area contributed by atoms with Crippen LogP contribution in [0.4, 0.5) is 17.6 Å². The Hall–Kier alpha value is -1.00. The van der Waals surface area contributed by atoms with Crippen LogP contribution in [0.2, 0.25) is 0 Å². The topological polar surface area (TPSA) is 9.23 Å². The van der Waals surface area contributed by atoms with Gasteiger partial charge in [-0.1, -0.05) is 27.7 Å². The van der Waals surface area contributed by atoms with Crippen LogP contribution in [0, 0.1) is 11.8 Å². The van der Waals surface area contributed by atoms with E-state index in [1.165, 1.54) is 0 Å². The summed E-state index contributed by atoms with van der Waals surface area (Å²) in [6.45, 7) is 6.85. The van der Waals surface area contributed by atoms with Crippen LogP contribution in [-0.4, -0.2) is 0 Å². The van der Waals surface area contributed by atoms with Crippen molar-refractivity contribution >= 4 is 0 Å². The molecule has 0 saturated heterocycles. The van der Waals surface area contributed by atoms with Gasteiger partial charge in [0.05, 0.1) is 0 Å². The van der Waals surface area contributed by atoms with Crippen molar-refractivity contribution in [2.45, 2.75) is 40.5 Å². The van der Waals surface area contributed by atoms with Crippen molar-refractivity contribution in [3.8, 4) is 0 Å². The molecule has 0 aromatic rings. The van der Waals surface area contributed by atoms with Crippen LogP contribution in [-0.2, 0) is 4.74 Å². The minimum absolute atomic E-state index is 0.0583. The van der Waals surface area contributed by atoms with E-state index in [2.05, 4.69) is 4.74 Å². The Morgan fingerprint density at radius 2 is 1.06 bits per heavy atom. The first-order chi connectivity index (χ1) is 7.73. The fourth-order valence-corrected chi connectivity index (χ4v) is 1.21. The molecule has 0 heterocycles. The van der Waals surface area contributed by atoms with E-state index >= 15 is 0 Å². The van der Waals surface area contributed by atoms with E-state index in [0.717, 1.165) is 0 Å². The van der Waals surface area contributed by atoms with Crippen LogP contribution in [0.25, 0.3) is 0 Å². The van der Waals surface area contributed by atoms with Gasteiger partial charge in [0.15, 0.2) is 11.5 Å². The maximum absolute atomic E-state index is 12.5. The van der Waals surface area contributed by atoms with Gasteiger partial charge >= 0.3 is 12.2 Å². The average molecular weight is 254 g/mol. The van der Waals surface area contributed by atoms with Crippen molar-refractivity contribution < 1.29 is 22.3 Å². The minimum Gasteiger partial charge on any atom is -0.455 e. The Kier molecular flexibility index (Phi) is 6.92. The molecule has 100 valence electrons. The second-order valence-corrected chi connectivity index (χ2v) is 4.67. The quantitative estimate of drug-likeness (QED) is 0.461. The van der Waals surface area contributed by atoms with Gasteiger partial charge in [-0.3, -0.25) is 0 Å². The van der Waals surface area contributed by atoms with Crippen LogP contribution in [0.3, 0.4) is 0 Å². The summed E-state index contributed by atoms with van der Waals surface area (Å²) in [6, 6.07) is 0. The third-order valence-corrected chi connectivity index (χ3v) is 1.86. The second kappa shape index (κ2) is 7.35. The molecule has 0 aliphatic rings. The maximum Gasteiger partial charge on any atom is 0.308 e. The third-order valence-electron chi connectivity index (χ3n) is 1.86. The van der Waals surface area contributed by atoms with Gasteiger partial charge < -0.3 is 4.74 Å². The summed E-state index contributed by atoms with van der Waals surface area (Å²) < 4.78 is 54.7. The largest absolute Gasteiger partial charge is 0.455 e. The van der Waals surface area contributed by atoms with Crippen LogP contribution in [0.5, 0.6) is 0 Å². The molecule has 0 amide bonds. The predicted molar refractivity (Wildman–Crippen MR) is 58.5 cm³/mol. The first kappa shape index (κ1) is 16.0. The van der Waals surface area contributed by atoms with Crippen LogP contribution in [0.1, 0.15) is 40.5 Å². The predicted octanol–water partition coefficient (Wildman–Crippen LogP) is 5.31. The van der Waals surface area contributed by atoms with Crippen molar-refractivity contribution in [3.63, 3.8) is 0 Å². The van der Waals surface area contributed by atoms with E-state index in [0.29, 0.717) is 0 Å². The Morgan fingerprint density at radius 1 is 0.765 bits per heavy atom. The highest BCUT2D eigenvalue weighted by Gasteiger charge is 2.17. The summed E-state index contributed by atoms with van der Waals surface area (Å²) in [5.41, 5.74) is 0. The first-order valence-electron chi connectivity index (χ1n) is 5.50. The lowest BCUT2D eigenvalue weighted by atomic mass is 10.1. The molecule has 0 N–H and O–H groups in total. The zero-order chi connectivity index (χ0) is 13.6. The lowest BCUT2D eigenvalue weighted by molar-refractivity contribution is 0.195. The number of hydrogen-bond acceptors (Lipinski definition) is 1. The van der Waals surface area contributed by atoms with Gasteiger partial charge in [-0.2, -0.15) is 17.6 Å². The van der Waals surface area contributed by atoms with E-state index < -0.39 is 23.7 Å². The Morgan fingerprint density at radius 3 is 1.24 bits per heavy atom. The first-order valence-corrected chi connectivity index (χ1v) is 5.50. The molecule has 1 nitrogen and oxygen atoms in total. The Labute approximate surface area is 99.2 Å². The molecule has 5 heteroatoms. The molecule has 0 aliphatic carbocycles. The number of hydrogen-bond donors (Lipinski definition) is 0. The lowest BCUT2D eigenvalue weighted by Crippen LogP contribution is -2.02. The lowest BCUT2D eigenvalue weighted by Gasteiger charge is -2.14. The molecule has 17 heavy (non-hydrogen) atoms. The molecule has 0 aromatic heterocycles. The van der Waals surface area contributed by atoms with Gasteiger partial charge in [-0.25, -0.2) is 0 Å². The van der Waals surface area contributed by atoms with E-state index in [9.17, 15) is 17.6 Å². The van der Waals surface area contributed by atoms with E-state index in [-0.39, 0.29) is 24.7 Å². The highest BCUT2D eigenvalue weighted by Crippen LogP contribution is 2.27. The van der Waals surface area contributed by atoms with Gasteiger partial charge in [0.2, 0.25) is 0 Å². The highest BCUT2D eigenvalue weighted by molar-refractivity contribution is 5.03. The molecular weight excluding hydrogens is 236 g/mol. The second-order valence-electron chi connectivity index (χ2n) is 4.67. The zero-order valence-electron chi connectivity index (χ0n) is 10.5. The number of ether oxygens (including phenoxy) is 1. The summed E-state index contributed by atoms with van der Waals surface area (Å²) in [6.07, 6.45) is -4.20. The standard InChI is InChI=1S/C12H18F4O/c1-7(2)5-9(11(13)14)17-10(12(15)16)6-8(3)4/h7-8H,5-6H2,1-4H3. The smallest absolute Gasteiger partial charge is 0.308 e. The highest BCUT2D eigenvalue weighted by atomic mass is 19.3. The van der Waals surface area contributed by atoms with Gasteiger partial charge in [0, 0.05) is 12.8 Å². The fraction of sp³-hybridized carbons (Fsp3) is 0.667. The monoisotopic (exact) mass is 254 g/mol. The van der Waals surface area contributed by atoms with Crippen molar-refractivity contribution in [3.05, 3.63) is 23.7 Å². The fourth-order valence-electron chi connectivity index (χ4n) is 1.21.